The first-order valence-corrected chi connectivity index (χ1v) is 9.39. The van der Waals surface area contributed by atoms with Gasteiger partial charge in [-0.05, 0) is 29.7 Å². The topological polar surface area (TPSA) is 114 Å². The minimum absolute atomic E-state index is 0.0309. The molecule has 0 aliphatic carbocycles. The molecule has 0 aliphatic heterocycles. The summed E-state index contributed by atoms with van der Waals surface area (Å²) in [4.78, 5) is -0.305. The van der Waals surface area contributed by atoms with Crippen LogP contribution in [0.3, 0.4) is 0 Å². The van der Waals surface area contributed by atoms with Crippen molar-refractivity contribution in [3.63, 3.8) is 0 Å². The SMILES string of the molecule is COS(=O)(=O)c1cc(O)c2c(N=Nc3ccccc3C(F)(F)F)c(N)ccc2c1. The van der Waals surface area contributed by atoms with Gasteiger partial charge >= 0.3 is 6.18 Å². The molecule has 152 valence electrons. The van der Waals surface area contributed by atoms with Gasteiger partial charge in [-0.3, -0.25) is 4.18 Å². The molecule has 0 radical (unpaired) electrons. The van der Waals surface area contributed by atoms with Gasteiger partial charge in [0, 0.05) is 6.07 Å². The molecule has 0 spiro atoms. The van der Waals surface area contributed by atoms with Crippen molar-refractivity contribution in [2.75, 3.05) is 12.8 Å². The smallest absolute Gasteiger partial charge is 0.418 e. The van der Waals surface area contributed by atoms with Crippen LogP contribution in [0.4, 0.5) is 30.2 Å². The third-order valence-corrected chi connectivity index (χ3v) is 5.30. The Morgan fingerprint density at radius 2 is 1.76 bits per heavy atom. The van der Waals surface area contributed by atoms with Crippen LogP contribution in [0.1, 0.15) is 5.56 Å². The first-order valence-electron chi connectivity index (χ1n) is 7.98. The molecular formula is C18H14F3N3O4S. The lowest BCUT2D eigenvalue weighted by Gasteiger charge is -2.11. The van der Waals surface area contributed by atoms with Crippen LogP contribution in [0, 0.1) is 0 Å². The van der Waals surface area contributed by atoms with Crippen molar-refractivity contribution >= 4 is 38.0 Å². The molecule has 0 atom stereocenters. The zero-order chi connectivity index (χ0) is 21.4. The molecule has 0 aromatic heterocycles. The number of nitrogens with two attached hydrogens (primary N) is 1. The molecule has 0 unspecified atom stereocenters. The van der Waals surface area contributed by atoms with Gasteiger partial charge in [0.25, 0.3) is 10.1 Å². The third-order valence-electron chi connectivity index (χ3n) is 4.05. The number of rotatable bonds is 4. The number of phenols is 1. The Balaban J connectivity index is 2.19. The molecule has 0 fully saturated rings. The van der Waals surface area contributed by atoms with Crippen molar-refractivity contribution < 1.29 is 30.9 Å². The summed E-state index contributed by atoms with van der Waals surface area (Å²) in [6.07, 6.45) is -4.63. The van der Waals surface area contributed by atoms with Crippen molar-refractivity contribution in [3.8, 4) is 5.75 Å². The third kappa shape index (κ3) is 4.00. The van der Waals surface area contributed by atoms with Gasteiger partial charge in [-0.2, -0.15) is 21.6 Å². The maximum atomic E-state index is 13.1. The summed E-state index contributed by atoms with van der Waals surface area (Å²) in [6, 6.07) is 9.54. The number of benzene rings is 3. The summed E-state index contributed by atoms with van der Waals surface area (Å²) in [6.45, 7) is 0. The maximum Gasteiger partial charge on any atom is 0.418 e. The second-order valence-electron chi connectivity index (χ2n) is 5.88. The van der Waals surface area contributed by atoms with E-state index in [1.54, 1.807) is 0 Å². The number of hydrogen-bond donors (Lipinski definition) is 2. The molecule has 0 bridgehead atoms. The Hall–Kier alpha value is -3.18. The van der Waals surface area contributed by atoms with E-state index in [2.05, 4.69) is 14.4 Å². The number of nitrogen functional groups attached to an aromatic ring is 1. The van der Waals surface area contributed by atoms with Crippen molar-refractivity contribution in [1.29, 1.82) is 0 Å². The van der Waals surface area contributed by atoms with Gasteiger partial charge in [0.1, 0.15) is 11.4 Å². The molecule has 0 heterocycles. The minimum atomic E-state index is -4.63. The summed E-state index contributed by atoms with van der Waals surface area (Å²) in [5.74, 6) is -0.497. The van der Waals surface area contributed by atoms with Crippen molar-refractivity contribution in [1.82, 2.24) is 0 Å². The molecule has 3 rings (SSSR count). The Bertz CT molecular complexity index is 1220. The fraction of sp³-hybridized carbons (Fsp3) is 0.111. The lowest BCUT2D eigenvalue weighted by Crippen LogP contribution is -2.04. The van der Waals surface area contributed by atoms with Gasteiger partial charge in [0.05, 0.1) is 34.3 Å². The van der Waals surface area contributed by atoms with E-state index >= 15 is 0 Å². The maximum absolute atomic E-state index is 13.1. The van der Waals surface area contributed by atoms with Gasteiger partial charge in [-0.25, -0.2) is 0 Å². The molecule has 7 nitrogen and oxygen atoms in total. The first-order chi connectivity index (χ1) is 13.5. The summed E-state index contributed by atoms with van der Waals surface area (Å²) in [7, 11) is -3.11. The van der Waals surface area contributed by atoms with Crippen LogP contribution in [0.25, 0.3) is 10.8 Å². The van der Waals surface area contributed by atoms with E-state index < -0.39 is 33.3 Å². The predicted molar refractivity (Wildman–Crippen MR) is 99.8 cm³/mol. The van der Waals surface area contributed by atoms with E-state index in [0.717, 1.165) is 25.3 Å². The van der Waals surface area contributed by atoms with Gasteiger partial charge in [0.2, 0.25) is 0 Å². The van der Waals surface area contributed by atoms with E-state index in [4.69, 9.17) is 5.73 Å². The average molecular weight is 425 g/mol. The number of halogens is 3. The lowest BCUT2D eigenvalue weighted by atomic mass is 10.1. The van der Waals surface area contributed by atoms with E-state index in [9.17, 15) is 26.7 Å². The quantitative estimate of drug-likeness (QED) is 0.351. The van der Waals surface area contributed by atoms with Gasteiger partial charge < -0.3 is 10.8 Å². The molecule has 3 N–H and O–H groups in total. The molecule has 0 saturated carbocycles. The van der Waals surface area contributed by atoms with Crippen LogP contribution < -0.4 is 5.73 Å². The molecule has 11 heteroatoms. The molecule has 0 saturated heterocycles. The minimum Gasteiger partial charge on any atom is -0.507 e. The molecule has 0 aliphatic rings. The standard InChI is InChI=1S/C18H14F3N3O4S/c1-28-29(26,27)11-8-10-6-7-13(22)17(16(10)15(25)9-11)24-23-14-5-3-2-4-12(14)18(19,20)21/h2-9,25H,22H2,1H3. The summed E-state index contributed by atoms with van der Waals surface area (Å²) in [5, 5.41) is 18.1. The average Bonchev–Trinajstić information content (AvgIpc) is 2.66. The van der Waals surface area contributed by atoms with Crippen LogP contribution in [-0.2, 0) is 20.5 Å². The number of nitrogens with zero attached hydrogens (tertiary/aromatic N) is 2. The number of alkyl halides is 3. The Morgan fingerprint density at radius 3 is 2.41 bits per heavy atom. The van der Waals surface area contributed by atoms with Crippen LogP contribution >= 0.6 is 0 Å². The second-order valence-corrected chi connectivity index (χ2v) is 7.59. The highest BCUT2D eigenvalue weighted by atomic mass is 32.2. The Kier molecular flexibility index (Phi) is 5.20. The summed E-state index contributed by atoms with van der Waals surface area (Å²) >= 11 is 0. The van der Waals surface area contributed by atoms with Crippen LogP contribution in [-0.4, -0.2) is 20.6 Å². The number of aromatic hydroxyl groups is 1. The number of azo groups is 1. The van der Waals surface area contributed by atoms with Crippen LogP contribution in [0.15, 0.2) is 63.7 Å². The van der Waals surface area contributed by atoms with E-state index in [1.807, 2.05) is 0 Å². The van der Waals surface area contributed by atoms with Crippen molar-refractivity contribution in [2.24, 2.45) is 10.2 Å². The highest BCUT2D eigenvalue weighted by molar-refractivity contribution is 7.86. The van der Waals surface area contributed by atoms with Crippen molar-refractivity contribution in [3.05, 3.63) is 54.1 Å². The predicted octanol–water partition coefficient (Wildman–Crippen LogP) is 4.90. The summed E-state index contributed by atoms with van der Waals surface area (Å²) < 4.78 is 67.6. The van der Waals surface area contributed by atoms with Crippen molar-refractivity contribution in [2.45, 2.75) is 11.1 Å². The fourth-order valence-corrected chi connectivity index (χ4v) is 3.39. The number of phenolic OH excluding ortho intramolecular Hbond substituents is 1. The molecule has 0 amide bonds. The fourth-order valence-electron chi connectivity index (χ4n) is 2.67. The highest BCUT2D eigenvalue weighted by Crippen LogP contribution is 2.42. The van der Waals surface area contributed by atoms with Gasteiger partial charge in [-0.15, -0.1) is 10.2 Å². The largest absolute Gasteiger partial charge is 0.507 e. The normalized spacial score (nSPS) is 12.7. The van der Waals surface area contributed by atoms with Gasteiger partial charge in [0.15, 0.2) is 0 Å². The molecule has 29 heavy (non-hydrogen) atoms. The van der Waals surface area contributed by atoms with Gasteiger partial charge in [-0.1, -0.05) is 18.2 Å². The van der Waals surface area contributed by atoms with E-state index in [0.29, 0.717) is 0 Å². The van der Waals surface area contributed by atoms with Crippen LogP contribution in [0.5, 0.6) is 5.75 Å². The Morgan fingerprint density at radius 1 is 1.07 bits per heavy atom. The second kappa shape index (κ2) is 7.33. The highest BCUT2D eigenvalue weighted by Gasteiger charge is 2.33. The number of anilines is 1. The molecule has 3 aromatic carbocycles. The van der Waals surface area contributed by atoms with Crippen LogP contribution in [0.2, 0.25) is 0 Å². The Labute approximate surface area is 163 Å². The first kappa shape index (κ1) is 20.6. The zero-order valence-corrected chi connectivity index (χ0v) is 15.6. The number of fused-ring (bicyclic) bond motifs is 1. The monoisotopic (exact) mass is 425 g/mol. The summed E-state index contributed by atoms with van der Waals surface area (Å²) in [5.41, 5.74) is 4.37. The molecule has 3 aromatic rings. The van der Waals surface area contributed by atoms with E-state index in [-0.39, 0.29) is 27.0 Å². The molecular weight excluding hydrogens is 411 g/mol. The lowest BCUT2D eigenvalue weighted by molar-refractivity contribution is -0.137. The number of hydrogen-bond acceptors (Lipinski definition) is 7. The zero-order valence-electron chi connectivity index (χ0n) is 14.8. The van der Waals surface area contributed by atoms with E-state index in [1.165, 1.54) is 30.3 Å².